The van der Waals surface area contributed by atoms with Crippen molar-refractivity contribution in [1.29, 1.82) is 0 Å². The molecule has 5 rings (SSSR count). The molecule has 2 heterocycles. The van der Waals surface area contributed by atoms with Gasteiger partial charge in [0.15, 0.2) is 0 Å². The summed E-state index contributed by atoms with van der Waals surface area (Å²) in [5, 5.41) is 0.713. The number of rotatable bonds is 7. The highest BCUT2D eigenvalue weighted by molar-refractivity contribution is 6.03. The molecule has 1 saturated heterocycles. The second-order valence-electron chi connectivity index (χ2n) is 11.9. The number of halogens is 3. The average molecular weight is 598 g/mol. The molecule has 0 bridgehead atoms. The largest absolute Gasteiger partial charge is 0.491 e. The summed E-state index contributed by atoms with van der Waals surface area (Å²) in [5.74, 6) is -4.25. The van der Waals surface area contributed by atoms with Gasteiger partial charge in [0.2, 0.25) is 5.91 Å². The number of esters is 2. The van der Waals surface area contributed by atoms with Crippen LogP contribution in [-0.4, -0.2) is 72.0 Å². The number of amides is 1. The van der Waals surface area contributed by atoms with E-state index >= 15 is 0 Å². The zero-order valence-corrected chi connectivity index (χ0v) is 24.6. The second kappa shape index (κ2) is 12.9. The molecule has 1 aromatic heterocycles. The van der Waals surface area contributed by atoms with Gasteiger partial charge in [-0.15, -0.1) is 0 Å². The SMILES string of the molecule is CN(CC1CCCCN1C)C(=O)C(c1c(-c2ccccc2)[nH]c2cc(C(=O)OC(=O)C(F)(F)F)ccc12)C1CCCCC1. The van der Waals surface area contributed by atoms with Crippen LogP contribution in [0.25, 0.3) is 22.2 Å². The maximum Gasteiger partial charge on any atom is 0.491 e. The van der Waals surface area contributed by atoms with E-state index in [0.717, 1.165) is 74.7 Å². The quantitative estimate of drug-likeness (QED) is 0.243. The fourth-order valence-corrected chi connectivity index (χ4v) is 6.75. The van der Waals surface area contributed by atoms with E-state index in [4.69, 9.17) is 0 Å². The molecule has 0 radical (unpaired) electrons. The van der Waals surface area contributed by atoms with E-state index < -0.39 is 24.0 Å². The second-order valence-corrected chi connectivity index (χ2v) is 11.9. The van der Waals surface area contributed by atoms with Gasteiger partial charge in [-0.05, 0) is 68.5 Å². The van der Waals surface area contributed by atoms with Crippen LogP contribution in [0.2, 0.25) is 0 Å². The zero-order valence-electron chi connectivity index (χ0n) is 24.6. The van der Waals surface area contributed by atoms with Crippen LogP contribution in [0.3, 0.4) is 0 Å². The number of carbonyl (C=O) groups excluding carboxylic acids is 3. The Labute approximate surface area is 249 Å². The van der Waals surface area contributed by atoms with Crippen molar-refractivity contribution >= 4 is 28.7 Å². The molecule has 2 atom stereocenters. The minimum atomic E-state index is -5.29. The van der Waals surface area contributed by atoms with E-state index in [1.807, 2.05) is 42.3 Å². The normalized spacial score (nSPS) is 19.2. The molecule has 10 heteroatoms. The highest BCUT2D eigenvalue weighted by atomic mass is 19.4. The van der Waals surface area contributed by atoms with Crippen molar-refractivity contribution in [3.63, 3.8) is 0 Å². The number of alkyl halides is 3. The first-order valence-corrected chi connectivity index (χ1v) is 15.0. The Balaban J connectivity index is 1.58. The molecule has 2 aliphatic rings. The summed E-state index contributed by atoms with van der Waals surface area (Å²) in [5.41, 5.74) is 2.70. The van der Waals surface area contributed by atoms with Crippen molar-refractivity contribution < 1.29 is 32.3 Å². The summed E-state index contributed by atoms with van der Waals surface area (Å²) in [6.45, 7) is 1.64. The first-order valence-electron chi connectivity index (χ1n) is 15.0. The van der Waals surface area contributed by atoms with Crippen molar-refractivity contribution in [2.24, 2.45) is 5.92 Å². The summed E-state index contributed by atoms with van der Waals surface area (Å²) in [7, 11) is 3.99. The lowest BCUT2D eigenvalue weighted by Gasteiger charge is -2.38. The molecule has 230 valence electrons. The van der Waals surface area contributed by atoms with Gasteiger partial charge in [-0.25, -0.2) is 9.59 Å². The lowest BCUT2D eigenvalue weighted by molar-refractivity contribution is -0.193. The van der Waals surface area contributed by atoms with Gasteiger partial charge in [-0.3, -0.25) is 4.79 Å². The van der Waals surface area contributed by atoms with Crippen LogP contribution in [0.5, 0.6) is 0 Å². The number of hydrogen-bond donors (Lipinski definition) is 1. The van der Waals surface area contributed by atoms with Gasteiger partial charge in [-0.1, -0.05) is 62.1 Å². The fourth-order valence-electron chi connectivity index (χ4n) is 6.75. The van der Waals surface area contributed by atoms with E-state index in [1.165, 1.54) is 12.1 Å². The number of piperidine rings is 1. The average Bonchev–Trinajstić information content (AvgIpc) is 3.37. The van der Waals surface area contributed by atoms with Gasteiger partial charge in [-0.2, -0.15) is 13.2 Å². The van der Waals surface area contributed by atoms with Gasteiger partial charge in [0.1, 0.15) is 0 Å². The molecule has 7 nitrogen and oxygen atoms in total. The number of H-pyrrole nitrogens is 1. The van der Waals surface area contributed by atoms with Crippen LogP contribution >= 0.6 is 0 Å². The third-order valence-corrected chi connectivity index (χ3v) is 9.03. The van der Waals surface area contributed by atoms with Crippen molar-refractivity contribution in [1.82, 2.24) is 14.8 Å². The van der Waals surface area contributed by atoms with Crippen molar-refractivity contribution in [3.8, 4) is 11.3 Å². The summed E-state index contributed by atoms with van der Waals surface area (Å²) in [6, 6.07) is 14.2. The molecule has 2 fully saturated rings. The lowest BCUT2D eigenvalue weighted by Crippen LogP contribution is -2.47. The van der Waals surface area contributed by atoms with Gasteiger partial charge in [0, 0.05) is 30.5 Å². The number of benzene rings is 2. The van der Waals surface area contributed by atoms with Gasteiger partial charge in [0.25, 0.3) is 0 Å². The Morgan fingerprint density at radius 1 is 1.00 bits per heavy atom. The lowest BCUT2D eigenvalue weighted by atomic mass is 9.74. The molecule has 0 spiro atoms. The monoisotopic (exact) mass is 597 g/mol. The van der Waals surface area contributed by atoms with Crippen LogP contribution < -0.4 is 0 Å². The smallest absolute Gasteiger partial charge is 0.383 e. The summed E-state index contributed by atoms with van der Waals surface area (Å²) < 4.78 is 42.3. The number of ether oxygens (including phenoxy) is 1. The number of likely N-dealkylation sites (N-methyl/N-ethyl adjacent to an activating group) is 2. The van der Waals surface area contributed by atoms with E-state index in [2.05, 4.69) is 21.7 Å². The topological polar surface area (TPSA) is 82.7 Å². The number of nitrogens with one attached hydrogen (secondary N) is 1. The first kappa shape index (κ1) is 30.8. The highest BCUT2D eigenvalue weighted by Crippen LogP contribution is 2.44. The predicted octanol–water partition coefficient (Wildman–Crippen LogP) is 6.69. The third kappa shape index (κ3) is 6.79. The number of hydrogen-bond acceptors (Lipinski definition) is 5. The molecular formula is C33H38F3N3O4. The van der Waals surface area contributed by atoms with E-state index in [0.29, 0.717) is 23.5 Å². The number of fused-ring (bicyclic) bond motifs is 1. The van der Waals surface area contributed by atoms with Crippen LogP contribution in [0.4, 0.5) is 13.2 Å². The third-order valence-electron chi connectivity index (χ3n) is 9.03. The molecular weight excluding hydrogens is 559 g/mol. The summed E-state index contributed by atoms with van der Waals surface area (Å²) >= 11 is 0. The Morgan fingerprint density at radius 2 is 1.70 bits per heavy atom. The van der Waals surface area contributed by atoms with Crippen molar-refractivity contribution in [2.45, 2.75) is 69.5 Å². The molecule has 2 unspecified atom stereocenters. The molecule has 1 N–H and O–H groups in total. The Kier molecular flexibility index (Phi) is 9.25. The molecule has 1 aliphatic carbocycles. The molecule has 1 aliphatic heterocycles. The maximum atomic E-state index is 14.5. The van der Waals surface area contributed by atoms with E-state index in [1.54, 1.807) is 6.07 Å². The predicted molar refractivity (Wildman–Crippen MR) is 157 cm³/mol. The van der Waals surface area contributed by atoms with Gasteiger partial charge < -0.3 is 19.5 Å². The highest BCUT2D eigenvalue weighted by Gasteiger charge is 2.43. The molecule has 1 saturated carbocycles. The minimum absolute atomic E-state index is 0.0446. The Morgan fingerprint density at radius 3 is 2.37 bits per heavy atom. The van der Waals surface area contributed by atoms with Gasteiger partial charge in [0.05, 0.1) is 17.2 Å². The van der Waals surface area contributed by atoms with E-state index in [-0.39, 0.29) is 17.4 Å². The first-order chi connectivity index (χ1) is 20.5. The minimum Gasteiger partial charge on any atom is -0.383 e. The Bertz CT molecular complexity index is 1460. The number of nitrogens with zero attached hydrogens (tertiary/aromatic N) is 2. The van der Waals surface area contributed by atoms with Crippen LogP contribution in [0, 0.1) is 5.92 Å². The van der Waals surface area contributed by atoms with Crippen LogP contribution in [-0.2, 0) is 14.3 Å². The van der Waals surface area contributed by atoms with Crippen LogP contribution in [0.15, 0.2) is 48.5 Å². The number of aromatic amines is 1. The van der Waals surface area contributed by atoms with Crippen molar-refractivity contribution in [3.05, 3.63) is 59.7 Å². The van der Waals surface area contributed by atoms with Crippen LogP contribution in [0.1, 0.15) is 73.2 Å². The van der Waals surface area contributed by atoms with E-state index in [9.17, 15) is 27.6 Å². The zero-order chi connectivity index (χ0) is 30.7. The van der Waals surface area contributed by atoms with Crippen molar-refractivity contribution in [2.75, 3.05) is 27.2 Å². The molecule has 1 amide bonds. The molecule has 3 aromatic rings. The fraction of sp³-hybridized carbons (Fsp3) is 0.485. The number of carbonyl (C=O) groups is 3. The molecule has 2 aromatic carbocycles. The molecule has 43 heavy (non-hydrogen) atoms. The number of aromatic nitrogens is 1. The maximum absolute atomic E-state index is 14.5. The van der Waals surface area contributed by atoms with Gasteiger partial charge >= 0.3 is 18.1 Å². The Hall–Kier alpha value is -3.66. The number of likely N-dealkylation sites (tertiary alicyclic amines) is 1. The standard InChI is InChI=1S/C33H38F3N3O4/c1-38-18-10-9-15-24(38)20-39(2)30(40)27(21-11-5-3-6-12-21)28-25-17-16-23(31(41)43-32(42)33(34,35)36)19-26(25)37-29(28)22-13-7-4-8-14-22/h4,7-8,13-14,16-17,19,21,24,27,37H,3,5-6,9-12,15,18,20H2,1-2H3. The summed E-state index contributed by atoms with van der Waals surface area (Å²) in [4.78, 5) is 45.9. The summed E-state index contributed by atoms with van der Waals surface area (Å²) in [6.07, 6.45) is 3.09.